The van der Waals surface area contributed by atoms with Gasteiger partial charge in [0.05, 0.1) is 17.5 Å². The molecule has 0 unspecified atom stereocenters. The largest absolute Gasteiger partial charge is 0.491 e. The van der Waals surface area contributed by atoms with Gasteiger partial charge >= 0.3 is 0 Å². The Bertz CT molecular complexity index is 724. The Morgan fingerprint density at radius 2 is 1.92 bits per heavy atom. The lowest BCUT2D eigenvalue weighted by atomic mass is 9.97. The van der Waals surface area contributed by atoms with Crippen molar-refractivity contribution < 1.29 is 17.9 Å². The molecule has 0 bridgehead atoms. The number of amides is 1. The highest BCUT2D eigenvalue weighted by atomic mass is 32.2. The lowest BCUT2D eigenvalue weighted by Crippen LogP contribution is -2.37. The van der Waals surface area contributed by atoms with E-state index in [0.29, 0.717) is 12.3 Å². The standard InChI is InChI=1S/C19H28N2O4S/c1-15(2)25-17-8-10-18(11-9-17)26(23,24)21-14-19(22)20-13-12-16-6-4-3-5-7-16/h6,8-11,15,21H,3-5,7,12-14H2,1-2H3,(H,20,22). The molecule has 2 N–H and O–H groups in total. The zero-order valence-corrected chi connectivity index (χ0v) is 16.3. The summed E-state index contributed by atoms with van der Waals surface area (Å²) in [5, 5.41) is 2.76. The molecule has 1 aliphatic carbocycles. The SMILES string of the molecule is CC(C)Oc1ccc(S(=O)(=O)NCC(=O)NCCC2=CCCCC2)cc1. The molecular weight excluding hydrogens is 352 g/mol. The van der Waals surface area contributed by atoms with Crippen LogP contribution in [0.25, 0.3) is 0 Å². The Morgan fingerprint density at radius 3 is 2.54 bits per heavy atom. The summed E-state index contributed by atoms with van der Waals surface area (Å²) in [4.78, 5) is 12.0. The molecule has 0 heterocycles. The molecule has 0 saturated carbocycles. The summed E-state index contributed by atoms with van der Waals surface area (Å²) in [6.45, 7) is 4.06. The molecular formula is C19H28N2O4S. The fourth-order valence-electron chi connectivity index (χ4n) is 2.77. The lowest BCUT2D eigenvalue weighted by Gasteiger charge is -2.13. The van der Waals surface area contributed by atoms with E-state index in [9.17, 15) is 13.2 Å². The van der Waals surface area contributed by atoms with E-state index in [1.807, 2.05) is 13.8 Å². The molecule has 1 aromatic carbocycles. The second kappa shape index (κ2) is 9.73. The molecule has 1 aliphatic rings. The number of hydrogen-bond acceptors (Lipinski definition) is 4. The van der Waals surface area contributed by atoms with Crippen molar-refractivity contribution in [2.45, 2.75) is 57.0 Å². The summed E-state index contributed by atoms with van der Waals surface area (Å²) in [6, 6.07) is 6.14. The Morgan fingerprint density at radius 1 is 1.19 bits per heavy atom. The molecule has 0 saturated heterocycles. The number of allylic oxidation sites excluding steroid dienone is 1. The zero-order valence-electron chi connectivity index (χ0n) is 15.5. The molecule has 26 heavy (non-hydrogen) atoms. The van der Waals surface area contributed by atoms with Crippen LogP contribution in [0, 0.1) is 0 Å². The van der Waals surface area contributed by atoms with E-state index < -0.39 is 10.0 Å². The van der Waals surface area contributed by atoms with Crippen molar-refractivity contribution in [3.63, 3.8) is 0 Å². The van der Waals surface area contributed by atoms with Gasteiger partial charge < -0.3 is 10.1 Å². The lowest BCUT2D eigenvalue weighted by molar-refractivity contribution is -0.119. The third-order valence-corrected chi connectivity index (χ3v) is 5.50. The Labute approximate surface area is 156 Å². The number of hydrogen-bond donors (Lipinski definition) is 2. The van der Waals surface area contributed by atoms with E-state index >= 15 is 0 Å². The molecule has 0 radical (unpaired) electrons. The van der Waals surface area contributed by atoms with E-state index in [0.717, 1.165) is 19.3 Å². The van der Waals surface area contributed by atoms with Gasteiger partial charge in [-0.15, -0.1) is 0 Å². The van der Waals surface area contributed by atoms with Gasteiger partial charge in [-0.2, -0.15) is 0 Å². The molecule has 144 valence electrons. The molecule has 0 fully saturated rings. The second-order valence-corrected chi connectivity index (χ2v) is 8.44. The highest BCUT2D eigenvalue weighted by molar-refractivity contribution is 7.89. The van der Waals surface area contributed by atoms with Crippen molar-refractivity contribution in [3.8, 4) is 5.75 Å². The highest BCUT2D eigenvalue weighted by Gasteiger charge is 2.15. The second-order valence-electron chi connectivity index (χ2n) is 6.67. The molecule has 1 aromatic rings. The quantitative estimate of drug-likeness (QED) is 0.645. The number of carbonyl (C=O) groups excluding carboxylic acids is 1. The third kappa shape index (κ3) is 6.80. The van der Waals surface area contributed by atoms with Gasteiger partial charge in [-0.1, -0.05) is 11.6 Å². The topological polar surface area (TPSA) is 84.5 Å². The predicted molar refractivity (Wildman–Crippen MR) is 102 cm³/mol. The first kappa shape index (κ1) is 20.5. The van der Waals surface area contributed by atoms with Crippen LogP contribution in [0.2, 0.25) is 0 Å². The van der Waals surface area contributed by atoms with E-state index in [1.165, 1.54) is 30.5 Å². The fourth-order valence-corrected chi connectivity index (χ4v) is 3.75. The number of benzene rings is 1. The first-order valence-electron chi connectivity index (χ1n) is 9.08. The van der Waals surface area contributed by atoms with Crippen LogP contribution in [0.3, 0.4) is 0 Å². The molecule has 0 spiro atoms. The number of carbonyl (C=O) groups is 1. The Kier molecular flexibility index (Phi) is 7.66. The normalized spacial score (nSPS) is 14.8. The van der Waals surface area contributed by atoms with Crippen LogP contribution < -0.4 is 14.8 Å². The molecule has 0 aliphatic heterocycles. The number of ether oxygens (including phenoxy) is 1. The number of nitrogens with one attached hydrogen (secondary N) is 2. The summed E-state index contributed by atoms with van der Waals surface area (Å²) < 4.78 is 32.3. The minimum atomic E-state index is -3.72. The van der Waals surface area contributed by atoms with Gasteiger partial charge in [0.15, 0.2) is 0 Å². The summed E-state index contributed by atoms with van der Waals surface area (Å²) in [6.07, 6.45) is 7.75. The maximum Gasteiger partial charge on any atom is 0.241 e. The van der Waals surface area contributed by atoms with Gasteiger partial charge in [0, 0.05) is 6.54 Å². The van der Waals surface area contributed by atoms with Gasteiger partial charge in [-0.25, -0.2) is 13.1 Å². The number of sulfonamides is 1. The average Bonchev–Trinajstić information content (AvgIpc) is 2.61. The monoisotopic (exact) mass is 380 g/mol. The highest BCUT2D eigenvalue weighted by Crippen LogP contribution is 2.19. The summed E-state index contributed by atoms with van der Waals surface area (Å²) in [5.74, 6) is 0.276. The Hall–Kier alpha value is -1.86. The van der Waals surface area contributed by atoms with Crippen molar-refractivity contribution in [2.75, 3.05) is 13.1 Å². The van der Waals surface area contributed by atoms with Gasteiger partial charge in [0.2, 0.25) is 15.9 Å². The Balaban J connectivity index is 1.77. The van der Waals surface area contributed by atoms with Crippen molar-refractivity contribution >= 4 is 15.9 Å². The van der Waals surface area contributed by atoms with Crippen molar-refractivity contribution in [2.24, 2.45) is 0 Å². The van der Waals surface area contributed by atoms with Crippen LogP contribution in [-0.4, -0.2) is 33.5 Å². The summed E-state index contributed by atoms with van der Waals surface area (Å²) in [5.41, 5.74) is 1.38. The first-order valence-corrected chi connectivity index (χ1v) is 10.6. The minimum Gasteiger partial charge on any atom is -0.491 e. The molecule has 2 rings (SSSR count). The third-order valence-electron chi connectivity index (χ3n) is 4.08. The predicted octanol–water partition coefficient (Wildman–Crippen LogP) is 2.76. The van der Waals surface area contributed by atoms with Gasteiger partial charge in [0.25, 0.3) is 0 Å². The minimum absolute atomic E-state index is 0.0173. The van der Waals surface area contributed by atoms with Crippen molar-refractivity contribution in [3.05, 3.63) is 35.9 Å². The maximum atomic E-state index is 12.3. The fraction of sp³-hybridized carbons (Fsp3) is 0.526. The van der Waals surface area contributed by atoms with Gasteiger partial charge in [0.1, 0.15) is 5.75 Å². The molecule has 7 heteroatoms. The van der Waals surface area contributed by atoms with E-state index in [1.54, 1.807) is 12.1 Å². The van der Waals surface area contributed by atoms with Crippen LogP contribution >= 0.6 is 0 Å². The van der Waals surface area contributed by atoms with E-state index in [2.05, 4.69) is 16.1 Å². The molecule has 6 nitrogen and oxygen atoms in total. The molecule has 0 atom stereocenters. The first-order chi connectivity index (χ1) is 12.4. The van der Waals surface area contributed by atoms with Crippen LogP contribution in [-0.2, 0) is 14.8 Å². The molecule has 0 aromatic heterocycles. The smallest absolute Gasteiger partial charge is 0.241 e. The van der Waals surface area contributed by atoms with Crippen LogP contribution in [0.15, 0.2) is 40.8 Å². The zero-order chi connectivity index (χ0) is 19.0. The average molecular weight is 381 g/mol. The van der Waals surface area contributed by atoms with Crippen molar-refractivity contribution in [1.82, 2.24) is 10.0 Å². The maximum absolute atomic E-state index is 12.3. The van der Waals surface area contributed by atoms with E-state index in [-0.39, 0.29) is 23.5 Å². The van der Waals surface area contributed by atoms with Crippen LogP contribution in [0.4, 0.5) is 0 Å². The molecule has 1 amide bonds. The van der Waals surface area contributed by atoms with Crippen LogP contribution in [0.1, 0.15) is 46.0 Å². The van der Waals surface area contributed by atoms with E-state index in [4.69, 9.17) is 4.74 Å². The summed E-state index contributed by atoms with van der Waals surface area (Å²) >= 11 is 0. The van der Waals surface area contributed by atoms with Gasteiger partial charge in [-0.3, -0.25) is 4.79 Å². The number of rotatable bonds is 9. The van der Waals surface area contributed by atoms with Crippen LogP contribution in [0.5, 0.6) is 5.75 Å². The van der Waals surface area contributed by atoms with Gasteiger partial charge in [-0.05, 0) is 70.2 Å². The summed E-state index contributed by atoms with van der Waals surface area (Å²) in [7, 11) is -3.72. The van der Waals surface area contributed by atoms with Crippen molar-refractivity contribution in [1.29, 1.82) is 0 Å².